The molecule has 2 rings (SSSR count). The summed E-state index contributed by atoms with van der Waals surface area (Å²) >= 11 is 0. The molecule has 0 fully saturated rings. The Morgan fingerprint density at radius 1 is 1.24 bits per heavy atom. The number of rotatable bonds is 1. The summed E-state index contributed by atoms with van der Waals surface area (Å²) < 4.78 is 0. The van der Waals surface area contributed by atoms with Crippen LogP contribution in [-0.4, -0.2) is 18.2 Å². The molecule has 0 bridgehead atoms. The van der Waals surface area contributed by atoms with Crippen molar-refractivity contribution in [3.8, 4) is 0 Å². The molecule has 0 N–H and O–H groups in total. The molecular formula is C14H17NO2. The van der Waals surface area contributed by atoms with Crippen LogP contribution in [0.4, 0.5) is 5.69 Å². The lowest BCUT2D eigenvalue weighted by Gasteiger charge is -2.19. The zero-order valence-corrected chi connectivity index (χ0v) is 10.7. The van der Waals surface area contributed by atoms with Gasteiger partial charge in [-0.05, 0) is 30.7 Å². The molecular weight excluding hydrogens is 214 g/mol. The van der Waals surface area contributed by atoms with Crippen LogP contribution >= 0.6 is 0 Å². The van der Waals surface area contributed by atoms with Crippen LogP contribution in [0.1, 0.15) is 43.6 Å². The van der Waals surface area contributed by atoms with Crippen molar-refractivity contribution in [3.05, 3.63) is 29.3 Å². The highest BCUT2D eigenvalue weighted by Crippen LogP contribution is 2.40. The second-order valence-corrected chi connectivity index (χ2v) is 5.28. The van der Waals surface area contributed by atoms with E-state index >= 15 is 0 Å². The van der Waals surface area contributed by atoms with E-state index in [-0.39, 0.29) is 17.1 Å². The molecule has 3 heteroatoms. The lowest BCUT2D eigenvalue weighted by atomic mass is 9.86. The van der Waals surface area contributed by atoms with Gasteiger partial charge in [0.05, 0.1) is 0 Å². The number of Topliss-reactive ketones (excluding diaryl/α,β-unsaturated/α-hetero) is 1. The molecule has 0 aromatic heterocycles. The number of carbonyl (C=O) groups excluding carboxylic acids is 2. The fraction of sp³-hybridized carbons (Fsp3) is 0.429. The smallest absolute Gasteiger partial charge is 0.223 e. The minimum absolute atomic E-state index is 0.0485. The molecule has 0 aliphatic carbocycles. The zero-order valence-electron chi connectivity index (χ0n) is 10.7. The second kappa shape index (κ2) is 3.69. The molecule has 0 saturated heterocycles. The van der Waals surface area contributed by atoms with Gasteiger partial charge >= 0.3 is 0 Å². The quantitative estimate of drug-likeness (QED) is 0.696. The Labute approximate surface area is 101 Å². The Hall–Kier alpha value is -1.64. The van der Waals surface area contributed by atoms with Gasteiger partial charge in [-0.15, -0.1) is 0 Å². The highest BCUT2D eigenvalue weighted by molar-refractivity contribution is 5.98. The van der Waals surface area contributed by atoms with Crippen molar-refractivity contribution >= 4 is 17.4 Å². The number of carbonyl (C=O) groups is 2. The summed E-state index contributed by atoms with van der Waals surface area (Å²) in [6.45, 7) is 8.01. The van der Waals surface area contributed by atoms with Crippen LogP contribution in [0.2, 0.25) is 0 Å². The van der Waals surface area contributed by atoms with E-state index in [0.29, 0.717) is 12.1 Å². The first kappa shape index (κ1) is 11.8. The molecule has 1 aliphatic rings. The Bertz CT molecular complexity index is 503. The number of amides is 1. The summed E-state index contributed by atoms with van der Waals surface area (Å²) in [5.41, 5.74) is 2.64. The van der Waals surface area contributed by atoms with Crippen LogP contribution in [0, 0.1) is 0 Å². The third-order valence-corrected chi connectivity index (χ3v) is 3.36. The molecule has 0 saturated carbocycles. The van der Waals surface area contributed by atoms with Gasteiger partial charge in [0, 0.05) is 30.1 Å². The van der Waals surface area contributed by atoms with E-state index in [2.05, 4.69) is 13.8 Å². The van der Waals surface area contributed by atoms with Crippen LogP contribution in [0.25, 0.3) is 0 Å². The number of anilines is 1. The van der Waals surface area contributed by atoms with E-state index in [1.54, 1.807) is 24.8 Å². The van der Waals surface area contributed by atoms with Crippen LogP contribution in [0.5, 0.6) is 0 Å². The number of nitrogens with zero attached hydrogens (tertiary/aromatic N) is 1. The first-order chi connectivity index (χ1) is 7.83. The van der Waals surface area contributed by atoms with E-state index in [9.17, 15) is 9.59 Å². The van der Waals surface area contributed by atoms with E-state index in [1.807, 2.05) is 12.1 Å². The molecule has 1 aromatic carbocycles. The normalized spacial score (nSPS) is 16.8. The molecule has 3 nitrogen and oxygen atoms in total. The lowest BCUT2D eigenvalue weighted by molar-refractivity contribution is -0.116. The van der Waals surface area contributed by atoms with Gasteiger partial charge in [-0.1, -0.05) is 13.8 Å². The fourth-order valence-electron chi connectivity index (χ4n) is 2.38. The topological polar surface area (TPSA) is 37.4 Å². The number of hydrogen-bond acceptors (Lipinski definition) is 2. The molecule has 0 radical (unpaired) electrons. The molecule has 17 heavy (non-hydrogen) atoms. The number of hydrogen-bond donors (Lipinski definition) is 0. The van der Waals surface area contributed by atoms with Crippen LogP contribution in [0.15, 0.2) is 18.2 Å². The van der Waals surface area contributed by atoms with Crippen LogP contribution in [-0.2, 0) is 10.2 Å². The van der Waals surface area contributed by atoms with Gasteiger partial charge in [0.2, 0.25) is 5.91 Å². The maximum absolute atomic E-state index is 11.6. The van der Waals surface area contributed by atoms with Crippen molar-refractivity contribution in [1.82, 2.24) is 0 Å². The minimum Gasteiger partial charge on any atom is -0.311 e. The largest absolute Gasteiger partial charge is 0.311 e. The minimum atomic E-state index is -0.0908. The summed E-state index contributed by atoms with van der Waals surface area (Å²) in [4.78, 5) is 24.7. The van der Waals surface area contributed by atoms with Crippen LogP contribution < -0.4 is 4.90 Å². The van der Waals surface area contributed by atoms with Crippen molar-refractivity contribution in [2.45, 2.75) is 33.1 Å². The van der Waals surface area contributed by atoms with Gasteiger partial charge in [-0.25, -0.2) is 0 Å². The van der Waals surface area contributed by atoms with Gasteiger partial charge in [0.15, 0.2) is 5.78 Å². The molecule has 0 unspecified atom stereocenters. The summed E-state index contributed by atoms with van der Waals surface area (Å²) in [7, 11) is 0. The van der Waals surface area contributed by atoms with Crippen molar-refractivity contribution in [2.24, 2.45) is 0 Å². The van der Waals surface area contributed by atoms with Crippen molar-refractivity contribution < 1.29 is 9.59 Å². The third-order valence-electron chi connectivity index (χ3n) is 3.36. The highest BCUT2D eigenvalue weighted by Gasteiger charge is 2.36. The average molecular weight is 231 g/mol. The van der Waals surface area contributed by atoms with E-state index < -0.39 is 0 Å². The molecule has 0 spiro atoms. The van der Waals surface area contributed by atoms with Crippen molar-refractivity contribution in [2.75, 3.05) is 11.4 Å². The average Bonchev–Trinajstić information content (AvgIpc) is 2.51. The van der Waals surface area contributed by atoms with Gasteiger partial charge in [-0.3, -0.25) is 9.59 Å². The number of ketones is 1. The van der Waals surface area contributed by atoms with Gasteiger partial charge < -0.3 is 4.90 Å². The van der Waals surface area contributed by atoms with Gasteiger partial charge in [0.1, 0.15) is 0 Å². The molecule has 0 atom stereocenters. The van der Waals surface area contributed by atoms with E-state index in [0.717, 1.165) is 11.3 Å². The Morgan fingerprint density at radius 2 is 1.88 bits per heavy atom. The Morgan fingerprint density at radius 3 is 2.41 bits per heavy atom. The lowest BCUT2D eigenvalue weighted by Crippen LogP contribution is -2.31. The maximum atomic E-state index is 11.6. The predicted octanol–water partition coefficient (Wildman–Crippen LogP) is 2.53. The van der Waals surface area contributed by atoms with Gasteiger partial charge in [0.25, 0.3) is 0 Å². The predicted molar refractivity (Wildman–Crippen MR) is 67.5 cm³/mol. The molecule has 1 aliphatic heterocycles. The molecule has 1 aromatic rings. The van der Waals surface area contributed by atoms with E-state index in [1.165, 1.54) is 0 Å². The SMILES string of the molecule is CC(=O)c1ccc2c(c1)C(C)(C)CN2C(C)=O. The van der Waals surface area contributed by atoms with Gasteiger partial charge in [-0.2, -0.15) is 0 Å². The molecule has 1 heterocycles. The molecule has 1 amide bonds. The zero-order chi connectivity index (χ0) is 12.8. The first-order valence-corrected chi connectivity index (χ1v) is 5.76. The number of benzene rings is 1. The standard InChI is InChI=1S/C14H17NO2/c1-9(16)11-5-6-13-12(7-11)14(3,4)8-15(13)10(2)17/h5-7H,8H2,1-4H3. The number of fused-ring (bicyclic) bond motifs is 1. The Kier molecular flexibility index (Phi) is 2.57. The van der Waals surface area contributed by atoms with Crippen molar-refractivity contribution in [1.29, 1.82) is 0 Å². The van der Waals surface area contributed by atoms with Crippen LogP contribution in [0.3, 0.4) is 0 Å². The summed E-state index contributed by atoms with van der Waals surface area (Å²) in [6, 6.07) is 5.58. The maximum Gasteiger partial charge on any atom is 0.223 e. The summed E-state index contributed by atoms with van der Waals surface area (Å²) in [5, 5.41) is 0. The van der Waals surface area contributed by atoms with Crippen molar-refractivity contribution in [3.63, 3.8) is 0 Å². The molecule has 90 valence electrons. The third kappa shape index (κ3) is 1.86. The van der Waals surface area contributed by atoms with E-state index in [4.69, 9.17) is 0 Å². The summed E-state index contributed by atoms with van der Waals surface area (Å²) in [5.74, 6) is 0.109. The fourth-order valence-corrected chi connectivity index (χ4v) is 2.38. The second-order valence-electron chi connectivity index (χ2n) is 5.28. The summed E-state index contributed by atoms with van der Waals surface area (Å²) in [6.07, 6.45) is 0. The monoisotopic (exact) mass is 231 g/mol. The first-order valence-electron chi connectivity index (χ1n) is 5.76. The Balaban J connectivity index is 2.57. The highest BCUT2D eigenvalue weighted by atomic mass is 16.2.